The third-order valence-corrected chi connectivity index (χ3v) is 4.23. The molecular weight excluding hydrogens is 376 g/mol. The fourth-order valence-electron chi connectivity index (χ4n) is 2.56. The highest BCUT2D eigenvalue weighted by atomic mass is 16.5. The van der Waals surface area contributed by atoms with Gasteiger partial charge in [0.05, 0.1) is 18.4 Å². The number of hydrogen-bond acceptors (Lipinski definition) is 7. The summed E-state index contributed by atoms with van der Waals surface area (Å²) in [5.41, 5.74) is 2.39. The zero-order valence-corrected chi connectivity index (χ0v) is 17.5. The molecule has 1 atom stereocenters. The second kappa shape index (κ2) is 9.77. The smallest absolute Gasteiger partial charge is 0.331 e. The van der Waals surface area contributed by atoms with Crippen molar-refractivity contribution >= 4 is 18.0 Å². The van der Waals surface area contributed by atoms with E-state index in [2.05, 4.69) is 5.16 Å². The van der Waals surface area contributed by atoms with Crippen LogP contribution in [0.4, 0.5) is 0 Å². The molecule has 0 N–H and O–H groups in total. The van der Waals surface area contributed by atoms with E-state index in [9.17, 15) is 9.59 Å². The zero-order valence-electron chi connectivity index (χ0n) is 17.5. The fraction of sp³-hybridized carbons (Fsp3) is 0.381. The lowest BCUT2D eigenvalue weighted by Gasteiger charge is -2.16. The van der Waals surface area contributed by atoms with Crippen LogP contribution in [0, 0.1) is 13.8 Å². The average Bonchev–Trinajstić information content (AvgIpc) is 3.01. The molecule has 1 amide bonds. The summed E-state index contributed by atoms with van der Waals surface area (Å²) in [6.07, 6.45) is 1.99. The van der Waals surface area contributed by atoms with Gasteiger partial charge < -0.3 is 23.6 Å². The number of esters is 1. The van der Waals surface area contributed by atoms with Crippen LogP contribution in [0.2, 0.25) is 0 Å². The Morgan fingerprint density at radius 3 is 2.55 bits per heavy atom. The third-order valence-electron chi connectivity index (χ3n) is 4.23. The summed E-state index contributed by atoms with van der Waals surface area (Å²) in [7, 11) is 4.74. The molecule has 0 aliphatic rings. The van der Waals surface area contributed by atoms with Gasteiger partial charge >= 0.3 is 5.97 Å². The summed E-state index contributed by atoms with van der Waals surface area (Å²) >= 11 is 0. The standard InChI is InChI=1S/C21H26N2O6/c1-13-17(14(2)29-22-13)12-27-18-9-7-16(11-19(18)26-6)8-10-20(24)28-15(3)21(25)23(4)5/h7-11,15H,12H2,1-6H3/b10-8+/t15-/m1/s1. The number of amides is 1. The van der Waals surface area contributed by atoms with Gasteiger partial charge in [0.25, 0.3) is 5.91 Å². The quantitative estimate of drug-likeness (QED) is 0.495. The predicted octanol–water partition coefficient (Wildman–Crippen LogP) is 2.91. The van der Waals surface area contributed by atoms with E-state index in [-0.39, 0.29) is 5.91 Å². The SMILES string of the molecule is COc1cc(/C=C/C(=O)O[C@H](C)C(=O)N(C)C)ccc1OCc1c(C)noc1C. The number of hydrogen-bond donors (Lipinski definition) is 0. The molecule has 1 aromatic heterocycles. The second-order valence-electron chi connectivity index (χ2n) is 6.65. The molecule has 8 heteroatoms. The van der Waals surface area contributed by atoms with Gasteiger partial charge in [0.2, 0.25) is 0 Å². The van der Waals surface area contributed by atoms with Crippen LogP contribution in [0.25, 0.3) is 6.08 Å². The van der Waals surface area contributed by atoms with Crippen LogP contribution in [0.15, 0.2) is 28.8 Å². The van der Waals surface area contributed by atoms with Crippen LogP contribution < -0.4 is 9.47 Å². The zero-order chi connectivity index (χ0) is 21.6. The van der Waals surface area contributed by atoms with E-state index in [1.807, 2.05) is 13.8 Å². The Bertz CT molecular complexity index is 881. The molecule has 0 spiro atoms. The van der Waals surface area contributed by atoms with Crippen molar-refractivity contribution in [3.05, 3.63) is 46.9 Å². The van der Waals surface area contributed by atoms with E-state index in [0.29, 0.717) is 23.9 Å². The van der Waals surface area contributed by atoms with Crippen LogP contribution in [-0.4, -0.2) is 49.2 Å². The molecule has 1 heterocycles. The number of carbonyl (C=O) groups excluding carboxylic acids is 2. The Balaban J connectivity index is 2.03. The molecule has 0 unspecified atom stereocenters. The van der Waals surface area contributed by atoms with Crippen LogP contribution in [-0.2, 0) is 20.9 Å². The Morgan fingerprint density at radius 2 is 1.97 bits per heavy atom. The van der Waals surface area contributed by atoms with Gasteiger partial charge in [-0.05, 0) is 44.5 Å². The summed E-state index contributed by atoms with van der Waals surface area (Å²) in [4.78, 5) is 25.0. The maximum Gasteiger partial charge on any atom is 0.331 e. The third kappa shape index (κ3) is 5.84. The first-order valence-corrected chi connectivity index (χ1v) is 9.05. The molecule has 0 saturated carbocycles. The van der Waals surface area contributed by atoms with Crippen LogP contribution >= 0.6 is 0 Å². The minimum atomic E-state index is -0.850. The molecule has 29 heavy (non-hydrogen) atoms. The van der Waals surface area contributed by atoms with Gasteiger partial charge in [-0.3, -0.25) is 4.79 Å². The van der Waals surface area contributed by atoms with E-state index in [1.54, 1.807) is 38.4 Å². The summed E-state index contributed by atoms with van der Waals surface area (Å²) in [6, 6.07) is 5.27. The lowest BCUT2D eigenvalue weighted by Crippen LogP contribution is -2.34. The monoisotopic (exact) mass is 402 g/mol. The maximum absolute atomic E-state index is 11.9. The van der Waals surface area contributed by atoms with Crippen molar-refractivity contribution in [2.45, 2.75) is 33.5 Å². The fourth-order valence-corrected chi connectivity index (χ4v) is 2.56. The van der Waals surface area contributed by atoms with Gasteiger partial charge in [-0.2, -0.15) is 0 Å². The number of aryl methyl sites for hydroxylation is 2. The topological polar surface area (TPSA) is 91.1 Å². The molecule has 0 saturated heterocycles. The number of ether oxygens (including phenoxy) is 3. The van der Waals surface area contributed by atoms with Gasteiger partial charge in [0, 0.05) is 20.2 Å². The van der Waals surface area contributed by atoms with Crippen molar-refractivity contribution < 1.29 is 28.3 Å². The molecule has 1 aromatic carbocycles. The maximum atomic E-state index is 11.9. The highest BCUT2D eigenvalue weighted by molar-refractivity contribution is 5.90. The minimum Gasteiger partial charge on any atom is -0.493 e. The summed E-state index contributed by atoms with van der Waals surface area (Å²) in [6.45, 7) is 5.52. The van der Waals surface area contributed by atoms with Gasteiger partial charge in [0.1, 0.15) is 12.4 Å². The molecule has 0 aliphatic heterocycles. The largest absolute Gasteiger partial charge is 0.493 e. The van der Waals surface area contributed by atoms with Crippen molar-refractivity contribution in [2.75, 3.05) is 21.2 Å². The van der Waals surface area contributed by atoms with E-state index in [4.69, 9.17) is 18.7 Å². The van der Waals surface area contributed by atoms with E-state index >= 15 is 0 Å². The highest BCUT2D eigenvalue weighted by Crippen LogP contribution is 2.30. The number of methoxy groups -OCH3 is 1. The first-order valence-electron chi connectivity index (χ1n) is 9.05. The van der Waals surface area contributed by atoms with Gasteiger partial charge in [-0.25, -0.2) is 4.79 Å². The van der Waals surface area contributed by atoms with Crippen molar-refractivity contribution in [3.63, 3.8) is 0 Å². The average molecular weight is 402 g/mol. The Hall–Kier alpha value is -3.29. The molecule has 0 radical (unpaired) electrons. The Morgan fingerprint density at radius 1 is 1.24 bits per heavy atom. The molecule has 0 fully saturated rings. The summed E-state index contributed by atoms with van der Waals surface area (Å²) in [5.74, 6) is 0.890. The molecular formula is C21H26N2O6. The molecule has 8 nitrogen and oxygen atoms in total. The van der Waals surface area contributed by atoms with E-state index in [0.717, 1.165) is 16.8 Å². The Kier molecular flexibility index (Phi) is 7.41. The van der Waals surface area contributed by atoms with Gasteiger partial charge in [-0.1, -0.05) is 11.2 Å². The first-order chi connectivity index (χ1) is 13.7. The number of aromatic nitrogens is 1. The molecule has 0 aliphatic carbocycles. The normalized spacial score (nSPS) is 11.9. The number of benzene rings is 1. The van der Waals surface area contributed by atoms with E-state index < -0.39 is 12.1 Å². The van der Waals surface area contributed by atoms with Gasteiger partial charge in [-0.15, -0.1) is 0 Å². The lowest BCUT2D eigenvalue weighted by molar-refractivity contribution is -0.153. The van der Waals surface area contributed by atoms with Gasteiger partial charge in [0.15, 0.2) is 17.6 Å². The summed E-state index contributed by atoms with van der Waals surface area (Å²) in [5, 5.41) is 3.90. The first kappa shape index (κ1) is 22.0. The van der Waals surface area contributed by atoms with Crippen molar-refractivity contribution in [1.82, 2.24) is 10.1 Å². The van der Waals surface area contributed by atoms with Crippen LogP contribution in [0.1, 0.15) is 29.5 Å². The minimum absolute atomic E-state index is 0.284. The lowest BCUT2D eigenvalue weighted by atomic mass is 10.2. The summed E-state index contributed by atoms with van der Waals surface area (Å²) < 4.78 is 21.4. The van der Waals surface area contributed by atoms with Crippen molar-refractivity contribution in [1.29, 1.82) is 0 Å². The van der Waals surface area contributed by atoms with Crippen LogP contribution in [0.3, 0.4) is 0 Å². The second-order valence-corrected chi connectivity index (χ2v) is 6.65. The number of likely N-dealkylation sites (N-methyl/N-ethyl adjacent to an activating group) is 1. The van der Waals surface area contributed by atoms with Crippen molar-refractivity contribution in [2.24, 2.45) is 0 Å². The Labute approximate surface area is 170 Å². The van der Waals surface area contributed by atoms with Crippen molar-refractivity contribution in [3.8, 4) is 11.5 Å². The number of rotatable bonds is 8. The predicted molar refractivity (Wildman–Crippen MR) is 107 cm³/mol. The molecule has 2 rings (SSSR count). The molecule has 0 bridgehead atoms. The van der Waals surface area contributed by atoms with E-state index in [1.165, 1.54) is 25.0 Å². The molecule has 156 valence electrons. The number of nitrogens with zero attached hydrogens (tertiary/aromatic N) is 2. The number of carbonyl (C=O) groups is 2. The molecule has 2 aromatic rings. The highest BCUT2D eigenvalue weighted by Gasteiger charge is 2.18. The van der Waals surface area contributed by atoms with Crippen LogP contribution in [0.5, 0.6) is 11.5 Å².